The first-order chi connectivity index (χ1) is 14.4. The molecule has 4 rings (SSSR count). The third-order valence-corrected chi connectivity index (χ3v) is 7.06. The van der Waals surface area contributed by atoms with Crippen molar-refractivity contribution in [3.05, 3.63) is 71.7 Å². The lowest BCUT2D eigenvalue weighted by Gasteiger charge is -2.31. The number of pyridine rings is 1. The molecule has 0 radical (unpaired) electrons. The summed E-state index contributed by atoms with van der Waals surface area (Å²) < 4.78 is 27.6. The lowest BCUT2D eigenvalue weighted by molar-refractivity contribution is 0.313. The van der Waals surface area contributed by atoms with Gasteiger partial charge in [0.2, 0.25) is 16.0 Å². The van der Waals surface area contributed by atoms with Gasteiger partial charge in [-0.05, 0) is 57.0 Å². The Morgan fingerprint density at radius 1 is 0.967 bits per heavy atom. The van der Waals surface area contributed by atoms with Crippen molar-refractivity contribution in [2.24, 2.45) is 0 Å². The minimum atomic E-state index is -3.50. The van der Waals surface area contributed by atoms with Crippen molar-refractivity contribution in [3.8, 4) is 0 Å². The Hall–Kier alpha value is -2.84. The van der Waals surface area contributed by atoms with Gasteiger partial charge in [-0.15, -0.1) is 0 Å². The summed E-state index contributed by atoms with van der Waals surface area (Å²) in [5.74, 6) is 1.20. The molecule has 0 unspecified atom stereocenters. The number of aromatic nitrogens is 3. The molecule has 0 saturated carbocycles. The summed E-state index contributed by atoms with van der Waals surface area (Å²) in [6.45, 7) is 4.80. The lowest BCUT2D eigenvalue weighted by Crippen LogP contribution is -2.39. The van der Waals surface area contributed by atoms with Gasteiger partial charge in [0, 0.05) is 36.1 Å². The zero-order chi connectivity index (χ0) is 21.1. The molecule has 1 atom stereocenters. The highest BCUT2D eigenvalue weighted by molar-refractivity contribution is 7.89. The largest absolute Gasteiger partial charge is 0.309 e. The topological polar surface area (TPSA) is 88.1 Å². The van der Waals surface area contributed by atoms with Crippen molar-refractivity contribution in [3.63, 3.8) is 0 Å². The van der Waals surface area contributed by atoms with Crippen LogP contribution < -0.4 is 5.32 Å². The fourth-order valence-electron chi connectivity index (χ4n) is 3.79. The Labute approximate surface area is 177 Å². The van der Waals surface area contributed by atoms with Crippen LogP contribution >= 0.6 is 0 Å². The number of aryl methyl sites for hydroxylation is 2. The third kappa shape index (κ3) is 4.49. The second-order valence-corrected chi connectivity index (χ2v) is 9.50. The number of nitrogens with one attached hydrogen (secondary N) is 1. The highest BCUT2D eigenvalue weighted by Gasteiger charge is 2.31. The summed E-state index contributed by atoms with van der Waals surface area (Å²) in [5.41, 5.74) is 2.64. The SMILES string of the molecule is Cc1cc(C)nc(Nc2cccc([C@@H]3CCCN(S(=O)(=O)c4ccccc4)C3)n2)n1. The van der Waals surface area contributed by atoms with E-state index in [1.54, 1.807) is 28.6 Å². The van der Waals surface area contributed by atoms with Crippen LogP contribution in [0.25, 0.3) is 0 Å². The fourth-order valence-corrected chi connectivity index (χ4v) is 5.33. The van der Waals surface area contributed by atoms with Gasteiger partial charge in [-0.2, -0.15) is 4.31 Å². The fraction of sp³-hybridized carbons (Fsp3) is 0.318. The zero-order valence-corrected chi connectivity index (χ0v) is 17.9. The lowest BCUT2D eigenvalue weighted by atomic mass is 9.96. The van der Waals surface area contributed by atoms with Crippen LogP contribution in [0.5, 0.6) is 0 Å². The first-order valence-electron chi connectivity index (χ1n) is 10.0. The highest BCUT2D eigenvalue weighted by Crippen LogP contribution is 2.30. The summed E-state index contributed by atoms with van der Waals surface area (Å²) in [6.07, 6.45) is 1.70. The number of sulfonamides is 1. The van der Waals surface area contributed by atoms with Crippen LogP contribution in [-0.2, 0) is 10.0 Å². The second-order valence-electron chi connectivity index (χ2n) is 7.56. The van der Waals surface area contributed by atoms with Crippen molar-refractivity contribution in [1.29, 1.82) is 0 Å². The van der Waals surface area contributed by atoms with Gasteiger partial charge in [-0.25, -0.2) is 23.4 Å². The smallest absolute Gasteiger partial charge is 0.243 e. The minimum absolute atomic E-state index is 0.0409. The van der Waals surface area contributed by atoms with Crippen molar-refractivity contribution in [2.45, 2.75) is 37.5 Å². The maximum atomic E-state index is 13.0. The molecule has 8 heteroatoms. The predicted octanol–water partition coefficient (Wildman–Crippen LogP) is 3.80. The van der Waals surface area contributed by atoms with Crippen LogP contribution in [0.15, 0.2) is 59.5 Å². The van der Waals surface area contributed by atoms with Crippen molar-refractivity contribution in [2.75, 3.05) is 18.4 Å². The van der Waals surface area contributed by atoms with Gasteiger partial charge in [-0.3, -0.25) is 0 Å². The van der Waals surface area contributed by atoms with Crippen LogP contribution in [0.4, 0.5) is 11.8 Å². The molecule has 1 aliphatic heterocycles. The highest BCUT2D eigenvalue weighted by atomic mass is 32.2. The van der Waals surface area contributed by atoms with E-state index in [4.69, 9.17) is 4.98 Å². The van der Waals surface area contributed by atoms with E-state index in [0.29, 0.717) is 29.8 Å². The molecule has 7 nitrogen and oxygen atoms in total. The van der Waals surface area contributed by atoms with Gasteiger partial charge >= 0.3 is 0 Å². The molecule has 1 fully saturated rings. The molecule has 156 valence electrons. The zero-order valence-electron chi connectivity index (χ0n) is 17.1. The predicted molar refractivity (Wildman–Crippen MR) is 116 cm³/mol. The van der Waals surface area contributed by atoms with Crippen molar-refractivity contribution in [1.82, 2.24) is 19.3 Å². The number of rotatable bonds is 5. The van der Waals surface area contributed by atoms with Gasteiger partial charge in [-0.1, -0.05) is 24.3 Å². The van der Waals surface area contributed by atoms with Gasteiger partial charge in [0.15, 0.2) is 0 Å². The average Bonchev–Trinajstić information content (AvgIpc) is 2.74. The number of hydrogen-bond donors (Lipinski definition) is 1. The molecule has 0 aliphatic carbocycles. The van der Waals surface area contributed by atoms with E-state index in [9.17, 15) is 8.42 Å². The van der Waals surface area contributed by atoms with E-state index in [1.165, 1.54) is 0 Å². The summed E-state index contributed by atoms with van der Waals surface area (Å²) >= 11 is 0. The maximum Gasteiger partial charge on any atom is 0.243 e. The van der Waals surface area contributed by atoms with Crippen LogP contribution in [0.2, 0.25) is 0 Å². The summed E-state index contributed by atoms with van der Waals surface area (Å²) in [4.78, 5) is 13.9. The molecule has 0 spiro atoms. The number of nitrogens with zero attached hydrogens (tertiary/aromatic N) is 4. The van der Waals surface area contributed by atoms with Crippen LogP contribution in [0, 0.1) is 13.8 Å². The molecule has 3 heterocycles. The quantitative estimate of drug-likeness (QED) is 0.672. The number of benzene rings is 1. The molecular weight excluding hydrogens is 398 g/mol. The average molecular weight is 424 g/mol. The molecule has 0 amide bonds. The van der Waals surface area contributed by atoms with Crippen molar-refractivity contribution >= 4 is 21.8 Å². The summed E-state index contributed by atoms with van der Waals surface area (Å²) in [5, 5.41) is 3.17. The molecule has 2 aromatic heterocycles. The first-order valence-corrected chi connectivity index (χ1v) is 11.5. The summed E-state index contributed by atoms with van der Waals surface area (Å²) in [6, 6.07) is 16.3. The van der Waals surface area contributed by atoms with Crippen LogP contribution in [-0.4, -0.2) is 40.8 Å². The molecule has 3 aromatic rings. The van der Waals surface area contributed by atoms with Gasteiger partial charge in [0.1, 0.15) is 5.82 Å². The van der Waals surface area contributed by atoms with E-state index >= 15 is 0 Å². The minimum Gasteiger partial charge on any atom is -0.309 e. The summed E-state index contributed by atoms with van der Waals surface area (Å²) in [7, 11) is -3.50. The van der Waals surface area contributed by atoms with E-state index in [-0.39, 0.29) is 5.92 Å². The molecular formula is C22H25N5O2S. The first kappa shape index (κ1) is 20.4. The molecule has 1 aromatic carbocycles. The Morgan fingerprint density at radius 3 is 2.43 bits per heavy atom. The van der Waals surface area contributed by atoms with E-state index < -0.39 is 10.0 Å². The van der Waals surface area contributed by atoms with Gasteiger partial charge in [0.05, 0.1) is 4.90 Å². The maximum absolute atomic E-state index is 13.0. The van der Waals surface area contributed by atoms with Crippen LogP contribution in [0.1, 0.15) is 35.8 Å². The molecule has 30 heavy (non-hydrogen) atoms. The standard InChI is InChI=1S/C22H25N5O2S/c1-16-14-17(2)24-22(23-16)26-21-12-6-11-20(25-21)18-8-7-13-27(15-18)30(28,29)19-9-4-3-5-10-19/h3-6,9-12,14,18H,7-8,13,15H2,1-2H3,(H,23,24,25,26)/t18-/m1/s1. The molecule has 1 N–H and O–H groups in total. The number of hydrogen-bond acceptors (Lipinski definition) is 6. The second kappa shape index (κ2) is 8.49. The van der Waals surface area contributed by atoms with Crippen molar-refractivity contribution < 1.29 is 8.42 Å². The van der Waals surface area contributed by atoms with Crippen LogP contribution in [0.3, 0.4) is 0 Å². The Morgan fingerprint density at radius 2 is 1.70 bits per heavy atom. The number of piperidine rings is 1. The van der Waals surface area contributed by atoms with Gasteiger partial charge in [0.25, 0.3) is 0 Å². The Balaban J connectivity index is 1.53. The normalized spacial score (nSPS) is 17.6. The Kier molecular flexibility index (Phi) is 5.78. The number of anilines is 2. The monoisotopic (exact) mass is 423 g/mol. The Bertz CT molecular complexity index is 1120. The molecule has 1 saturated heterocycles. The third-order valence-electron chi connectivity index (χ3n) is 5.18. The van der Waals surface area contributed by atoms with E-state index in [1.807, 2.05) is 44.2 Å². The van der Waals surface area contributed by atoms with E-state index in [0.717, 1.165) is 29.9 Å². The molecule has 0 bridgehead atoms. The van der Waals surface area contributed by atoms with Gasteiger partial charge < -0.3 is 5.32 Å². The van der Waals surface area contributed by atoms with E-state index in [2.05, 4.69) is 15.3 Å². The molecule has 1 aliphatic rings.